The molecule has 1 unspecified atom stereocenters. The molecule has 2 saturated heterocycles. The van der Waals surface area contributed by atoms with E-state index < -0.39 is 5.54 Å². The molecule has 2 aliphatic heterocycles. The summed E-state index contributed by atoms with van der Waals surface area (Å²) in [5.74, 6) is 0.615. The van der Waals surface area contributed by atoms with Gasteiger partial charge in [0.05, 0.1) is 10.0 Å². The monoisotopic (exact) mass is 468 g/mol. The van der Waals surface area contributed by atoms with E-state index >= 15 is 0 Å². The number of amides is 1. The molecule has 2 aliphatic rings. The third-order valence-electron chi connectivity index (χ3n) is 7.11. The Morgan fingerprint density at radius 3 is 2.61 bits per heavy atom. The van der Waals surface area contributed by atoms with Gasteiger partial charge in [0.2, 0.25) is 5.91 Å². The Labute approximate surface area is 197 Å². The van der Waals surface area contributed by atoms with Crippen molar-refractivity contribution in [1.82, 2.24) is 20.4 Å². The number of hydrogen-bond acceptors (Lipinski definition) is 4. The molecule has 0 bridgehead atoms. The Morgan fingerprint density at radius 2 is 1.97 bits per heavy atom. The topological polar surface area (TPSA) is 47.6 Å². The minimum absolute atomic E-state index is 0.254. The minimum Gasteiger partial charge on any atom is -0.347 e. The van der Waals surface area contributed by atoms with Gasteiger partial charge in [-0.05, 0) is 95.4 Å². The van der Waals surface area contributed by atoms with E-state index in [2.05, 4.69) is 21.6 Å². The normalized spacial score (nSPS) is 24.2. The summed E-state index contributed by atoms with van der Waals surface area (Å²) in [6.45, 7) is 3.78. The summed E-state index contributed by atoms with van der Waals surface area (Å²) in [7, 11) is 5.80. The van der Waals surface area contributed by atoms with Gasteiger partial charge in [-0.15, -0.1) is 0 Å². The number of carbonyl (C=O) groups excluding carboxylic acids is 1. The fraction of sp³-hybridized carbons (Fsp3) is 0.708. The summed E-state index contributed by atoms with van der Waals surface area (Å²) in [5, 5.41) is 7.94. The number of nitrogens with zero attached hydrogens (tertiary/aromatic N) is 2. The summed E-state index contributed by atoms with van der Waals surface area (Å²) in [6, 6.07) is 6.42. The summed E-state index contributed by atoms with van der Waals surface area (Å²) in [4.78, 5) is 18.0. The Morgan fingerprint density at radius 1 is 1.23 bits per heavy atom. The van der Waals surface area contributed by atoms with Gasteiger partial charge in [-0.1, -0.05) is 35.7 Å². The Bertz CT molecular complexity index is 736. The predicted molar refractivity (Wildman–Crippen MR) is 130 cm³/mol. The SMILES string of the molecule is CNCCCCC1[C@H](c2ccc(Cl)c(Cl)c2)CCCN1C1(C(=O)N(C)C)CCNCC1. The van der Waals surface area contributed by atoms with Crippen LogP contribution < -0.4 is 10.6 Å². The quantitative estimate of drug-likeness (QED) is 0.562. The number of halogens is 2. The molecule has 2 heterocycles. The molecule has 0 saturated carbocycles. The summed E-state index contributed by atoms with van der Waals surface area (Å²) < 4.78 is 0. The maximum Gasteiger partial charge on any atom is 0.242 e. The molecule has 0 aliphatic carbocycles. The lowest BCUT2D eigenvalue weighted by Crippen LogP contribution is -2.67. The van der Waals surface area contributed by atoms with Gasteiger partial charge < -0.3 is 15.5 Å². The van der Waals surface area contributed by atoms with Crippen molar-refractivity contribution in [3.8, 4) is 0 Å². The van der Waals surface area contributed by atoms with Crippen molar-refractivity contribution in [2.24, 2.45) is 0 Å². The van der Waals surface area contributed by atoms with Gasteiger partial charge in [-0.25, -0.2) is 0 Å². The van der Waals surface area contributed by atoms with Crippen molar-refractivity contribution < 1.29 is 4.79 Å². The average molecular weight is 470 g/mol. The second-order valence-corrected chi connectivity index (χ2v) is 10.1. The van der Waals surface area contributed by atoms with Crippen molar-refractivity contribution in [3.63, 3.8) is 0 Å². The average Bonchev–Trinajstić information content (AvgIpc) is 2.78. The summed E-state index contributed by atoms with van der Waals surface area (Å²) >= 11 is 12.6. The molecule has 2 N–H and O–H groups in total. The fourth-order valence-corrected chi connectivity index (χ4v) is 5.92. The Kier molecular flexibility index (Phi) is 9.06. The first kappa shape index (κ1) is 24.8. The molecule has 0 aromatic heterocycles. The highest BCUT2D eigenvalue weighted by molar-refractivity contribution is 6.42. The number of likely N-dealkylation sites (N-methyl/N-ethyl adjacent to an activating group) is 1. The number of benzene rings is 1. The Hall–Kier alpha value is -0.850. The van der Waals surface area contributed by atoms with E-state index in [9.17, 15) is 4.79 Å². The van der Waals surface area contributed by atoms with Crippen LogP contribution >= 0.6 is 23.2 Å². The molecule has 5 nitrogen and oxygen atoms in total. The second-order valence-electron chi connectivity index (χ2n) is 9.26. The number of unbranched alkanes of at least 4 members (excludes halogenated alkanes) is 1. The van der Waals surface area contributed by atoms with Crippen LogP contribution in [0.5, 0.6) is 0 Å². The number of likely N-dealkylation sites (tertiary alicyclic amines) is 1. The molecule has 2 fully saturated rings. The highest BCUT2D eigenvalue weighted by Gasteiger charge is 2.50. The van der Waals surface area contributed by atoms with Crippen molar-refractivity contribution in [3.05, 3.63) is 33.8 Å². The first-order valence-corrected chi connectivity index (χ1v) is 12.4. The maximum absolute atomic E-state index is 13.6. The van der Waals surface area contributed by atoms with Crippen LogP contribution in [0.25, 0.3) is 0 Å². The molecular formula is C24H38Cl2N4O. The van der Waals surface area contributed by atoms with Crippen LogP contribution in [-0.2, 0) is 4.79 Å². The molecule has 0 radical (unpaired) electrons. The number of rotatable bonds is 8. The maximum atomic E-state index is 13.6. The van der Waals surface area contributed by atoms with Crippen LogP contribution in [0.2, 0.25) is 10.0 Å². The smallest absolute Gasteiger partial charge is 0.242 e. The molecule has 31 heavy (non-hydrogen) atoms. The van der Waals surface area contributed by atoms with Crippen molar-refractivity contribution in [2.75, 3.05) is 47.3 Å². The molecule has 1 aromatic carbocycles. The van der Waals surface area contributed by atoms with E-state index in [4.69, 9.17) is 23.2 Å². The summed E-state index contributed by atoms with van der Waals surface area (Å²) in [6.07, 6.45) is 7.32. The zero-order valence-corrected chi connectivity index (χ0v) is 20.7. The zero-order chi connectivity index (χ0) is 22.4. The minimum atomic E-state index is -0.419. The first-order chi connectivity index (χ1) is 14.9. The zero-order valence-electron chi connectivity index (χ0n) is 19.2. The lowest BCUT2D eigenvalue weighted by Gasteiger charge is -2.54. The van der Waals surface area contributed by atoms with Gasteiger partial charge in [0, 0.05) is 20.1 Å². The molecular weight excluding hydrogens is 431 g/mol. The highest BCUT2D eigenvalue weighted by atomic mass is 35.5. The van der Waals surface area contributed by atoms with Gasteiger partial charge in [0.15, 0.2) is 0 Å². The number of nitrogens with one attached hydrogen (secondary N) is 2. The first-order valence-electron chi connectivity index (χ1n) is 11.7. The highest BCUT2D eigenvalue weighted by Crippen LogP contribution is 2.43. The molecule has 1 aromatic rings. The van der Waals surface area contributed by atoms with E-state index in [1.54, 1.807) is 4.90 Å². The third kappa shape index (κ3) is 5.56. The van der Waals surface area contributed by atoms with E-state index in [1.165, 1.54) is 5.56 Å². The largest absolute Gasteiger partial charge is 0.347 e. The molecule has 2 atom stereocenters. The van der Waals surface area contributed by atoms with Crippen LogP contribution in [0.1, 0.15) is 56.4 Å². The molecule has 1 amide bonds. The Balaban J connectivity index is 1.96. The lowest BCUT2D eigenvalue weighted by molar-refractivity contribution is -0.148. The number of piperidine rings is 2. The molecule has 174 valence electrons. The van der Waals surface area contributed by atoms with E-state index in [-0.39, 0.29) is 5.91 Å². The van der Waals surface area contributed by atoms with E-state index in [0.29, 0.717) is 22.0 Å². The molecule has 3 rings (SSSR count). The fourth-order valence-electron chi connectivity index (χ4n) is 5.61. The van der Waals surface area contributed by atoms with Crippen molar-refractivity contribution in [1.29, 1.82) is 0 Å². The molecule has 7 heteroatoms. The third-order valence-corrected chi connectivity index (χ3v) is 7.85. The van der Waals surface area contributed by atoms with E-state index in [1.807, 2.05) is 33.3 Å². The number of carbonyl (C=O) groups is 1. The summed E-state index contributed by atoms with van der Waals surface area (Å²) in [5.41, 5.74) is 0.830. The van der Waals surface area contributed by atoms with Crippen molar-refractivity contribution in [2.45, 2.75) is 62.4 Å². The van der Waals surface area contributed by atoms with Crippen molar-refractivity contribution >= 4 is 29.1 Å². The van der Waals surface area contributed by atoms with Crippen LogP contribution in [0.4, 0.5) is 0 Å². The van der Waals surface area contributed by atoms with Gasteiger partial charge in [0.1, 0.15) is 5.54 Å². The van der Waals surface area contributed by atoms with Gasteiger partial charge in [0.25, 0.3) is 0 Å². The molecule has 0 spiro atoms. The predicted octanol–water partition coefficient (Wildman–Crippen LogP) is 4.14. The number of hydrogen-bond donors (Lipinski definition) is 2. The van der Waals surface area contributed by atoms with Crippen LogP contribution in [0.3, 0.4) is 0 Å². The van der Waals surface area contributed by atoms with Gasteiger partial charge >= 0.3 is 0 Å². The van der Waals surface area contributed by atoms with Crippen LogP contribution in [0, 0.1) is 0 Å². The standard InChI is InChI=1S/C24H38Cl2N4O/c1-27-13-5-4-8-22-19(18-9-10-20(25)21(26)17-18)7-6-16-30(22)24(23(31)29(2)3)11-14-28-15-12-24/h9-10,17,19,22,27-28H,4-8,11-16H2,1-3H3/t19-,22?/m0/s1. The van der Waals surface area contributed by atoms with Gasteiger partial charge in [-0.3, -0.25) is 9.69 Å². The van der Waals surface area contributed by atoms with E-state index in [0.717, 1.165) is 71.1 Å². The van der Waals surface area contributed by atoms with Crippen LogP contribution in [-0.4, -0.2) is 74.6 Å². The van der Waals surface area contributed by atoms with Gasteiger partial charge in [-0.2, -0.15) is 0 Å². The van der Waals surface area contributed by atoms with Crippen LogP contribution in [0.15, 0.2) is 18.2 Å². The lowest BCUT2D eigenvalue weighted by atomic mass is 9.75. The second kappa shape index (κ2) is 11.3.